The molecule has 2 N–H and O–H groups in total. The molecule has 146 valence electrons. The minimum absolute atomic E-state index is 0.00800. The molecule has 0 aliphatic carbocycles. The van der Waals surface area contributed by atoms with Crippen LogP contribution >= 0.6 is 23.2 Å². The molecule has 10 heteroatoms. The number of carbonyl (C=O) groups excluding carboxylic acids is 1. The third-order valence-electron chi connectivity index (χ3n) is 3.25. The third-order valence-corrected chi connectivity index (χ3v) is 4.51. The van der Waals surface area contributed by atoms with Gasteiger partial charge in [-0.15, -0.1) is 0 Å². The van der Waals surface area contributed by atoms with Crippen LogP contribution in [0.2, 0.25) is 10.0 Å². The summed E-state index contributed by atoms with van der Waals surface area (Å²) in [4.78, 5) is 17.3. The van der Waals surface area contributed by atoms with Gasteiger partial charge in [-0.2, -0.15) is 0 Å². The molecular weight excluding hydrogens is 401 g/mol. The first-order valence-corrected chi connectivity index (χ1v) is 10.5. The van der Waals surface area contributed by atoms with Gasteiger partial charge in [-0.1, -0.05) is 42.2 Å². The third kappa shape index (κ3) is 7.90. The Morgan fingerprint density at radius 1 is 1.31 bits per heavy atom. The van der Waals surface area contributed by atoms with Crippen LogP contribution in [0.3, 0.4) is 0 Å². The number of hydrogen-bond acceptors (Lipinski definition) is 5. The van der Waals surface area contributed by atoms with Crippen LogP contribution in [-0.2, 0) is 19.7 Å². The van der Waals surface area contributed by atoms with Crippen molar-refractivity contribution in [3.05, 3.63) is 33.8 Å². The van der Waals surface area contributed by atoms with Gasteiger partial charge < -0.3 is 10.2 Å². The van der Waals surface area contributed by atoms with Crippen LogP contribution in [0, 0.1) is 5.92 Å². The fraction of sp³-hybridized carbons (Fsp3) is 0.500. The quantitative estimate of drug-likeness (QED) is 0.470. The van der Waals surface area contributed by atoms with Gasteiger partial charge in [0.05, 0.1) is 17.8 Å². The summed E-state index contributed by atoms with van der Waals surface area (Å²) in [5.74, 6) is -0.337. The molecule has 0 saturated carbocycles. The van der Waals surface area contributed by atoms with Gasteiger partial charge in [0, 0.05) is 10.6 Å². The summed E-state index contributed by atoms with van der Waals surface area (Å²) in [7, 11) is -2.15. The van der Waals surface area contributed by atoms with E-state index in [1.54, 1.807) is 18.2 Å². The molecule has 1 rings (SSSR count). The zero-order valence-electron chi connectivity index (χ0n) is 15.0. The van der Waals surface area contributed by atoms with Crippen molar-refractivity contribution in [3.8, 4) is 0 Å². The fourth-order valence-corrected chi connectivity index (χ4v) is 3.48. The van der Waals surface area contributed by atoms with E-state index in [0.29, 0.717) is 27.7 Å². The molecule has 1 unspecified atom stereocenters. The second-order valence-corrected chi connectivity index (χ2v) is 8.76. The molecule has 7 nitrogen and oxygen atoms in total. The van der Waals surface area contributed by atoms with Crippen molar-refractivity contribution in [2.24, 2.45) is 11.1 Å². The smallest absolute Gasteiger partial charge is 0.238 e. The van der Waals surface area contributed by atoms with E-state index < -0.39 is 22.0 Å². The number of nitrogens with one attached hydrogen (secondary N) is 2. The highest BCUT2D eigenvalue weighted by Gasteiger charge is 2.23. The van der Waals surface area contributed by atoms with Gasteiger partial charge >= 0.3 is 0 Å². The minimum atomic E-state index is -3.53. The number of sulfonamides is 1. The monoisotopic (exact) mass is 423 g/mol. The summed E-state index contributed by atoms with van der Waals surface area (Å²) in [5.41, 5.74) is 0.930. The van der Waals surface area contributed by atoms with Gasteiger partial charge in [0.15, 0.2) is 0 Å². The van der Waals surface area contributed by atoms with E-state index in [9.17, 15) is 13.2 Å². The molecule has 26 heavy (non-hydrogen) atoms. The van der Waals surface area contributed by atoms with Crippen molar-refractivity contribution >= 4 is 44.8 Å². The Bertz CT molecular complexity index is 767. The van der Waals surface area contributed by atoms with E-state index in [4.69, 9.17) is 28.0 Å². The first kappa shape index (κ1) is 22.7. The maximum atomic E-state index is 12.4. The highest BCUT2D eigenvalue weighted by molar-refractivity contribution is 7.88. The van der Waals surface area contributed by atoms with Crippen molar-refractivity contribution in [2.45, 2.75) is 26.3 Å². The summed E-state index contributed by atoms with van der Waals surface area (Å²) in [5, 5.41) is 7.38. The van der Waals surface area contributed by atoms with Crippen molar-refractivity contribution in [1.29, 1.82) is 0 Å². The Labute approximate surface area is 164 Å². The van der Waals surface area contributed by atoms with Crippen LogP contribution < -0.4 is 10.0 Å². The van der Waals surface area contributed by atoms with Crippen LogP contribution in [0.25, 0.3) is 0 Å². The highest BCUT2D eigenvalue weighted by atomic mass is 35.5. The van der Waals surface area contributed by atoms with Gasteiger partial charge in [-0.25, -0.2) is 13.1 Å². The molecule has 0 aliphatic rings. The normalized spacial score (nSPS) is 13.6. The summed E-state index contributed by atoms with van der Waals surface area (Å²) in [6, 6.07) is 3.98. The lowest BCUT2D eigenvalue weighted by Crippen LogP contribution is -2.48. The van der Waals surface area contributed by atoms with Crippen molar-refractivity contribution in [3.63, 3.8) is 0 Å². The molecule has 1 amide bonds. The van der Waals surface area contributed by atoms with Crippen molar-refractivity contribution in [2.75, 3.05) is 19.9 Å². The van der Waals surface area contributed by atoms with Crippen molar-refractivity contribution < 1.29 is 18.0 Å². The first-order valence-electron chi connectivity index (χ1n) is 7.84. The van der Waals surface area contributed by atoms with E-state index in [2.05, 4.69) is 15.2 Å². The lowest BCUT2D eigenvalue weighted by atomic mass is 10.0. The molecule has 0 heterocycles. The Balaban J connectivity index is 2.92. The fourth-order valence-electron chi connectivity index (χ4n) is 2.24. The molecule has 1 aromatic carbocycles. The SMILES string of the molecule is CON=C(CNC(=O)C(CC(C)C)NS(C)(=O)=O)c1ccc(Cl)cc1Cl. The summed E-state index contributed by atoms with van der Waals surface area (Å²) < 4.78 is 25.4. The van der Waals surface area contributed by atoms with Gasteiger partial charge in [-0.3, -0.25) is 4.79 Å². The zero-order chi connectivity index (χ0) is 19.9. The van der Waals surface area contributed by atoms with Gasteiger partial charge in [0.25, 0.3) is 0 Å². The van der Waals surface area contributed by atoms with Crippen LogP contribution in [0.1, 0.15) is 25.8 Å². The van der Waals surface area contributed by atoms with Crippen LogP contribution in [0.5, 0.6) is 0 Å². The van der Waals surface area contributed by atoms with E-state index >= 15 is 0 Å². The predicted molar refractivity (Wildman–Crippen MR) is 104 cm³/mol. The number of halogens is 2. The van der Waals surface area contributed by atoms with Gasteiger partial charge in [-0.05, 0) is 30.5 Å². The minimum Gasteiger partial charge on any atom is -0.399 e. The average molecular weight is 424 g/mol. The number of rotatable bonds is 9. The first-order chi connectivity index (χ1) is 12.0. The average Bonchev–Trinajstić information content (AvgIpc) is 2.49. The van der Waals surface area contributed by atoms with Crippen LogP contribution in [0.15, 0.2) is 23.4 Å². The van der Waals surface area contributed by atoms with Crippen molar-refractivity contribution in [1.82, 2.24) is 10.0 Å². The maximum Gasteiger partial charge on any atom is 0.238 e. The molecule has 0 aromatic heterocycles. The predicted octanol–water partition coefficient (Wildman–Crippen LogP) is 2.42. The maximum absolute atomic E-state index is 12.4. The molecule has 1 atom stereocenters. The summed E-state index contributed by atoms with van der Waals surface area (Å²) in [6.07, 6.45) is 1.37. The number of benzene rings is 1. The Morgan fingerprint density at radius 3 is 2.46 bits per heavy atom. The van der Waals surface area contributed by atoms with Crippen LogP contribution in [0.4, 0.5) is 0 Å². The number of amides is 1. The lowest BCUT2D eigenvalue weighted by Gasteiger charge is -2.19. The van der Waals surface area contributed by atoms with Gasteiger partial charge in [0.2, 0.25) is 15.9 Å². The summed E-state index contributed by atoms with van der Waals surface area (Å²) in [6.45, 7) is 3.80. The largest absolute Gasteiger partial charge is 0.399 e. The topological polar surface area (TPSA) is 96.9 Å². The molecule has 0 saturated heterocycles. The van der Waals surface area contributed by atoms with E-state index in [1.165, 1.54) is 7.11 Å². The standard InChI is InChI=1S/C16H23Cl2N3O4S/c1-10(2)7-14(21-26(4,23)24)16(22)19-9-15(20-25-3)12-6-5-11(17)8-13(12)18/h5-6,8,10,14,21H,7,9H2,1-4H3,(H,19,22). The number of nitrogens with zero attached hydrogens (tertiary/aromatic N) is 1. The Kier molecular flexibility index (Phi) is 8.82. The molecule has 0 fully saturated rings. The molecule has 0 spiro atoms. The Hall–Kier alpha value is -1.35. The second-order valence-electron chi connectivity index (χ2n) is 6.13. The van der Waals surface area contributed by atoms with E-state index in [0.717, 1.165) is 6.26 Å². The molecule has 0 radical (unpaired) electrons. The second kappa shape index (κ2) is 10.1. The van der Waals surface area contributed by atoms with Crippen LogP contribution in [-0.4, -0.2) is 46.0 Å². The van der Waals surface area contributed by atoms with E-state index in [1.807, 2.05) is 13.8 Å². The molecular formula is C16H23Cl2N3O4S. The van der Waals surface area contributed by atoms with E-state index in [-0.39, 0.29) is 12.5 Å². The molecule has 0 aliphatic heterocycles. The lowest BCUT2D eigenvalue weighted by molar-refractivity contribution is -0.122. The number of carbonyl (C=O) groups is 1. The number of oxime groups is 1. The summed E-state index contributed by atoms with van der Waals surface area (Å²) >= 11 is 12.1. The Morgan fingerprint density at radius 2 is 1.96 bits per heavy atom. The zero-order valence-corrected chi connectivity index (χ0v) is 17.4. The highest BCUT2D eigenvalue weighted by Crippen LogP contribution is 2.21. The number of hydrogen-bond donors (Lipinski definition) is 2. The molecule has 1 aromatic rings. The van der Waals surface area contributed by atoms with Gasteiger partial charge in [0.1, 0.15) is 18.9 Å². The molecule has 0 bridgehead atoms.